The zero-order chi connectivity index (χ0) is 12.3. The minimum atomic E-state index is -0.873. The van der Waals surface area contributed by atoms with Gasteiger partial charge >= 0.3 is 5.97 Å². The van der Waals surface area contributed by atoms with Gasteiger partial charge in [-0.2, -0.15) is 0 Å². The first-order valence-electron chi connectivity index (χ1n) is 5.84. The van der Waals surface area contributed by atoms with E-state index in [9.17, 15) is 4.79 Å². The van der Waals surface area contributed by atoms with Gasteiger partial charge in [-0.3, -0.25) is 0 Å². The Balaban J connectivity index is 1.82. The highest BCUT2D eigenvalue weighted by Gasteiger charge is 2.30. The number of nitrogens with zero attached hydrogens (tertiary/aromatic N) is 2. The molecule has 0 bridgehead atoms. The van der Waals surface area contributed by atoms with E-state index in [0.717, 1.165) is 18.9 Å². The van der Waals surface area contributed by atoms with Crippen molar-refractivity contribution in [3.8, 4) is 0 Å². The average Bonchev–Trinajstić information content (AvgIpc) is 2.95. The predicted molar refractivity (Wildman–Crippen MR) is 61.9 cm³/mol. The molecule has 2 rings (SSSR count). The Bertz CT molecular complexity index is 391. The third-order valence-corrected chi connectivity index (χ3v) is 2.93. The number of carboxylic acid groups (broad SMARTS) is 1. The Hall–Kier alpha value is -1.56. The SMILES string of the molecule is CCn1ccnc1NCC1CCC(C(=O)O)O1. The van der Waals surface area contributed by atoms with Gasteiger partial charge in [0.25, 0.3) is 0 Å². The molecule has 1 aliphatic rings. The topological polar surface area (TPSA) is 76.4 Å². The number of aryl methyl sites for hydroxylation is 1. The van der Waals surface area contributed by atoms with E-state index in [1.54, 1.807) is 6.20 Å². The van der Waals surface area contributed by atoms with E-state index in [2.05, 4.69) is 10.3 Å². The van der Waals surface area contributed by atoms with Crippen molar-refractivity contribution in [2.45, 2.75) is 38.5 Å². The summed E-state index contributed by atoms with van der Waals surface area (Å²) in [5.41, 5.74) is 0. The molecular weight excluding hydrogens is 222 g/mol. The Morgan fingerprint density at radius 2 is 2.53 bits per heavy atom. The molecule has 6 heteroatoms. The van der Waals surface area contributed by atoms with Crippen LogP contribution in [0.2, 0.25) is 0 Å². The summed E-state index contributed by atoms with van der Waals surface area (Å²) in [6.45, 7) is 3.49. The van der Waals surface area contributed by atoms with Gasteiger partial charge in [0.15, 0.2) is 6.10 Å². The molecule has 0 radical (unpaired) electrons. The van der Waals surface area contributed by atoms with Crippen LogP contribution in [0.3, 0.4) is 0 Å². The van der Waals surface area contributed by atoms with Crippen LogP contribution in [0.15, 0.2) is 12.4 Å². The van der Waals surface area contributed by atoms with E-state index in [-0.39, 0.29) is 6.10 Å². The summed E-state index contributed by atoms with van der Waals surface area (Å²) in [4.78, 5) is 14.9. The Labute approximate surface area is 99.6 Å². The van der Waals surface area contributed by atoms with E-state index in [0.29, 0.717) is 13.0 Å². The molecular formula is C11H17N3O3. The maximum Gasteiger partial charge on any atom is 0.332 e. The van der Waals surface area contributed by atoms with E-state index in [1.807, 2.05) is 17.7 Å². The summed E-state index contributed by atoms with van der Waals surface area (Å²) in [5.74, 6) is -0.0718. The number of carboxylic acids is 1. The van der Waals surface area contributed by atoms with Gasteiger partial charge in [0.2, 0.25) is 5.95 Å². The quantitative estimate of drug-likeness (QED) is 0.800. The van der Waals surface area contributed by atoms with Crippen molar-refractivity contribution in [1.82, 2.24) is 9.55 Å². The number of hydrogen-bond acceptors (Lipinski definition) is 4. The lowest BCUT2D eigenvalue weighted by atomic mass is 10.2. The van der Waals surface area contributed by atoms with E-state index >= 15 is 0 Å². The molecule has 0 spiro atoms. The average molecular weight is 239 g/mol. The van der Waals surface area contributed by atoms with Gasteiger partial charge in [-0.25, -0.2) is 9.78 Å². The molecule has 0 saturated carbocycles. The fourth-order valence-electron chi connectivity index (χ4n) is 1.97. The lowest BCUT2D eigenvalue weighted by molar-refractivity contribution is -0.149. The highest BCUT2D eigenvalue weighted by atomic mass is 16.5. The number of imidazole rings is 1. The Morgan fingerprint density at radius 1 is 1.71 bits per heavy atom. The number of aliphatic carboxylic acids is 1. The minimum Gasteiger partial charge on any atom is -0.479 e. The van der Waals surface area contributed by atoms with Crippen molar-refractivity contribution in [2.24, 2.45) is 0 Å². The van der Waals surface area contributed by atoms with Crippen molar-refractivity contribution in [3.05, 3.63) is 12.4 Å². The maximum absolute atomic E-state index is 10.7. The molecule has 1 aromatic heterocycles. The van der Waals surface area contributed by atoms with Crippen molar-refractivity contribution in [1.29, 1.82) is 0 Å². The molecule has 1 aliphatic heterocycles. The van der Waals surface area contributed by atoms with Gasteiger partial charge in [0.05, 0.1) is 6.10 Å². The van der Waals surface area contributed by atoms with Gasteiger partial charge in [-0.1, -0.05) is 0 Å². The number of carbonyl (C=O) groups is 1. The van der Waals surface area contributed by atoms with Crippen LogP contribution in [0, 0.1) is 0 Å². The maximum atomic E-state index is 10.7. The smallest absolute Gasteiger partial charge is 0.332 e. The van der Waals surface area contributed by atoms with E-state index in [1.165, 1.54) is 0 Å². The monoisotopic (exact) mass is 239 g/mol. The Kier molecular flexibility index (Phi) is 3.63. The third kappa shape index (κ3) is 2.76. The largest absolute Gasteiger partial charge is 0.479 e. The molecule has 0 aliphatic carbocycles. The first-order chi connectivity index (χ1) is 8.20. The highest BCUT2D eigenvalue weighted by molar-refractivity contribution is 5.72. The molecule has 17 heavy (non-hydrogen) atoms. The van der Waals surface area contributed by atoms with E-state index < -0.39 is 12.1 Å². The summed E-state index contributed by atoms with van der Waals surface area (Å²) in [5, 5.41) is 12.0. The fourth-order valence-corrected chi connectivity index (χ4v) is 1.97. The summed E-state index contributed by atoms with van der Waals surface area (Å²) < 4.78 is 7.39. The lowest BCUT2D eigenvalue weighted by Crippen LogP contribution is -2.25. The normalized spacial score (nSPS) is 23.8. The van der Waals surface area contributed by atoms with Gasteiger partial charge in [-0.15, -0.1) is 0 Å². The van der Waals surface area contributed by atoms with Crippen LogP contribution in [-0.4, -0.2) is 39.4 Å². The zero-order valence-corrected chi connectivity index (χ0v) is 9.80. The number of ether oxygens (including phenoxy) is 1. The molecule has 6 nitrogen and oxygen atoms in total. The Morgan fingerprint density at radius 3 is 3.18 bits per heavy atom. The zero-order valence-electron chi connectivity index (χ0n) is 9.80. The minimum absolute atomic E-state index is 0.0434. The second-order valence-electron chi connectivity index (χ2n) is 4.08. The van der Waals surface area contributed by atoms with Crippen molar-refractivity contribution >= 4 is 11.9 Å². The molecule has 94 valence electrons. The fraction of sp³-hybridized carbons (Fsp3) is 0.636. The van der Waals surface area contributed by atoms with Crippen molar-refractivity contribution in [2.75, 3.05) is 11.9 Å². The second kappa shape index (κ2) is 5.18. The molecule has 2 unspecified atom stereocenters. The molecule has 2 heterocycles. The van der Waals surface area contributed by atoms with Crippen molar-refractivity contribution < 1.29 is 14.6 Å². The number of hydrogen-bond donors (Lipinski definition) is 2. The van der Waals surface area contributed by atoms with Crippen LogP contribution in [-0.2, 0) is 16.1 Å². The molecule has 0 amide bonds. The molecule has 1 fully saturated rings. The summed E-state index contributed by atoms with van der Waals surface area (Å²) in [6, 6.07) is 0. The van der Waals surface area contributed by atoms with Crippen LogP contribution in [0.1, 0.15) is 19.8 Å². The second-order valence-corrected chi connectivity index (χ2v) is 4.08. The first kappa shape index (κ1) is 11.9. The van der Waals surface area contributed by atoms with Gasteiger partial charge in [0, 0.05) is 25.5 Å². The van der Waals surface area contributed by atoms with Crippen LogP contribution in [0.25, 0.3) is 0 Å². The molecule has 1 saturated heterocycles. The van der Waals surface area contributed by atoms with Crippen LogP contribution in [0.4, 0.5) is 5.95 Å². The summed E-state index contributed by atoms with van der Waals surface area (Å²) in [6.07, 6.45) is 4.31. The number of anilines is 1. The predicted octanol–water partition coefficient (Wildman–Crippen LogP) is 0.947. The lowest BCUT2D eigenvalue weighted by Gasteiger charge is -2.13. The van der Waals surface area contributed by atoms with Gasteiger partial charge < -0.3 is 19.7 Å². The van der Waals surface area contributed by atoms with Crippen molar-refractivity contribution in [3.63, 3.8) is 0 Å². The van der Waals surface area contributed by atoms with Crippen LogP contribution >= 0.6 is 0 Å². The number of rotatable bonds is 5. The molecule has 1 aromatic rings. The molecule has 0 aromatic carbocycles. The standard InChI is InChI=1S/C11H17N3O3/c1-2-14-6-5-12-11(14)13-7-8-3-4-9(17-8)10(15)16/h5-6,8-9H,2-4,7H2,1H3,(H,12,13)(H,15,16). The van der Waals surface area contributed by atoms with Gasteiger partial charge in [0.1, 0.15) is 0 Å². The summed E-state index contributed by atoms with van der Waals surface area (Å²) in [7, 11) is 0. The van der Waals surface area contributed by atoms with E-state index in [4.69, 9.17) is 9.84 Å². The summed E-state index contributed by atoms with van der Waals surface area (Å²) >= 11 is 0. The number of nitrogens with one attached hydrogen (secondary N) is 1. The molecule has 2 N–H and O–H groups in total. The van der Waals surface area contributed by atoms with Crippen LogP contribution < -0.4 is 5.32 Å². The van der Waals surface area contributed by atoms with Crippen LogP contribution in [0.5, 0.6) is 0 Å². The first-order valence-corrected chi connectivity index (χ1v) is 5.84. The molecule has 2 atom stereocenters. The van der Waals surface area contributed by atoms with Gasteiger partial charge in [-0.05, 0) is 19.8 Å². The highest BCUT2D eigenvalue weighted by Crippen LogP contribution is 2.20. The third-order valence-electron chi connectivity index (χ3n) is 2.93. The number of aromatic nitrogens is 2.